The average Bonchev–Trinajstić information content (AvgIpc) is 3.18. The minimum Gasteiger partial charge on any atom is -0.379 e. The molecule has 2 aromatic rings. The third kappa shape index (κ3) is 4.75. The van der Waals surface area contributed by atoms with Crippen molar-refractivity contribution in [3.05, 3.63) is 69.7 Å². The highest BCUT2D eigenvalue weighted by Gasteiger charge is 2.23. The molecule has 0 bridgehead atoms. The Morgan fingerprint density at radius 3 is 2.61 bits per heavy atom. The van der Waals surface area contributed by atoms with Gasteiger partial charge in [0, 0.05) is 24.7 Å². The molecular formula is C23H27ClN2O2. The van der Waals surface area contributed by atoms with Gasteiger partial charge in [-0.3, -0.25) is 9.69 Å². The first-order chi connectivity index (χ1) is 13.7. The van der Waals surface area contributed by atoms with E-state index in [-0.39, 0.29) is 11.9 Å². The Balaban J connectivity index is 1.40. The van der Waals surface area contributed by atoms with E-state index in [9.17, 15) is 4.79 Å². The number of hydrogen-bond acceptors (Lipinski definition) is 3. The fourth-order valence-corrected chi connectivity index (χ4v) is 4.35. The van der Waals surface area contributed by atoms with E-state index in [1.807, 2.05) is 12.1 Å². The highest BCUT2D eigenvalue weighted by molar-refractivity contribution is 6.30. The molecule has 28 heavy (non-hydrogen) atoms. The lowest BCUT2D eigenvalue weighted by Crippen LogP contribution is -2.44. The summed E-state index contributed by atoms with van der Waals surface area (Å²) in [6, 6.07) is 14.6. The third-order valence-corrected chi connectivity index (χ3v) is 6.01. The number of aryl methyl sites for hydroxylation is 2. The summed E-state index contributed by atoms with van der Waals surface area (Å²) in [5.41, 5.74) is 5.13. The zero-order chi connectivity index (χ0) is 19.3. The lowest BCUT2D eigenvalue weighted by atomic mass is 10.0. The van der Waals surface area contributed by atoms with Crippen molar-refractivity contribution in [2.45, 2.75) is 31.7 Å². The van der Waals surface area contributed by atoms with Gasteiger partial charge in [-0.25, -0.2) is 0 Å². The van der Waals surface area contributed by atoms with Gasteiger partial charge in [-0.2, -0.15) is 0 Å². The van der Waals surface area contributed by atoms with Crippen LogP contribution < -0.4 is 5.32 Å². The standard InChI is InChI=1S/C23H27ClN2O2/c24-21-8-6-19(7-9-21)22(26-10-12-28-13-11-26)16-25-23(27)15-17-4-5-18-2-1-3-20(18)14-17/h4-9,14,22H,1-3,10-13,15-16H2,(H,25,27). The number of carbonyl (C=O) groups is 1. The molecule has 1 fully saturated rings. The number of carbonyl (C=O) groups excluding carboxylic acids is 1. The summed E-state index contributed by atoms with van der Waals surface area (Å²) in [4.78, 5) is 15.0. The molecule has 1 amide bonds. The van der Waals surface area contributed by atoms with Crippen LogP contribution in [-0.4, -0.2) is 43.7 Å². The number of ether oxygens (including phenoxy) is 1. The van der Waals surface area contributed by atoms with E-state index in [1.165, 1.54) is 29.5 Å². The number of amides is 1. The lowest BCUT2D eigenvalue weighted by molar-refractivity contribution is -0.120. The molecule has 2 aliphatic rings. The van der Waals surface area contributed by atoms with Crippen molar-refractivity contribution in [2.24, 2.45) is 0 Å². The number of benzene rings is 2. The minimum absolute atomic E-state index is 0.0742. The fraction of sp³-hybridized carbons (Fsp3) is 0.435. The molecule has 0 spiro atoms. The van der Waals surface area contributed by atoms with Gasteiger partial charge in [-0.05, 0) is 53.6 Å². The summed E-state index contributed by atoms with van der Waals surface area (Å²) in [5, 5.41) is 3.88. The van der Waals surface area contributed by atoms with Gasteiger partial charge in [-0.1, -0.05) is 41.9 Å². The number of rotatable bonds is 6. The van der Waals surface area contributed by atoms with Gasteiger partial charge in [0.1, 0.15) is 0 Å². The molecule has 1 aliphatic heterocycles. The quantitative estimate of drug-likeness (QED) is 0.808. The van der Waals surface area contributed by atoms with Crippen molar-refractivity contribution in [1.82, 2.24) is 10.2 Å². The van der Waals surface area contributed by atoms with E-state index >= 15 is 0 Å². The third-order valence-electron chi connectivity index (χ3n) is 5.76. The summed E-state index contributed by atoms with van der Waals surface area (Å²) < 4.78 is 5.50. The number of nitrogens with one attached hydrogen (secondary N) is 1. The maximum atomic E-state index is 12.6. The van der Waals surface area contributed by atoms with Crippen LogP contribution in [0, 0.1) is 0 Å². The second kappa shape index (κ2) is 9.08. The molecule has 1 atom stereocenters. The molecule has 2 aromatic carbocycles. The first kappa shape index (κ1) is 19.4. The van der Waals surface area contributed by atoms with Gasteiger partial charge in [0.2, 0.25) is 5.91 Å². The molecule has 1 unspecified atom stereocenters. The molecule has 0 aromatic heterocycles. The molecule has 4 rings (SSSR count). The summed E-state index contributed by atoms with van der Waals surface area (Å²) in [5.74, 6) is 0.0742. The van der Waals surface area contributed by atoms with Gasteiger partial charge >= 0.3 is 0 Å². The molecule has 148 valence electrons. The minimum atomic E-state index is 0.0742. The zero-order valence-corrected chi connectivity index (χ0v) is 16.9. The average molecular weight is 399 g/mol. The Bertz CT molecular complexity index is 816. The van der Waals surface area contributed by atoms with Crippen LogP contribution in [0.25, 0.3) is 0 Å². The van der Waals surface area contributed by atoms with Crippen LogP contribution in [0.1, 0.15) is 34.7 Å². The zero-order valence-electron chi connectivity index (χ0n) is 16.1. The van der Waals surface area contributed by atoms with E-state index in [2.05, 4.69) is 40.5 Å². The molecular weight excluding hydrogens is 372 g/mol. The Morgan fingerprint density at radius 2 is 1.82 bits per heavy atom. The molecule has 4 nitrogen and oxygen atoms in total. The van der Waals surface area contributed by atoms with Gasteiger partial charge < -0.3 is 10.1 Å². The van der Waals surface area contributed by atoms with Crippen LogP contribution in [0.5, 0.6) is 0 Å². The fourth-order valence-electron chi connectivity index (χ4n) is 4.23. The van der Waals surface area contributed by atoms with Crippen LogP contribution in [0.4, 0.5) is 0 Å². The van der Waals surface area contributed by atoms with Crippen LogP contribution in [0.15, 0.2) is 42.5 Å². The number of halogens is 1. The lowest BCUT2D eigenvalue weighted by Gasteiger charge is -2.35. The van der Waals surface area contributed by atoms with Gasteiger partial charge in [0.05, 0.1) is 25.7 Å². The molecule has 1 heterocycles. The summed E-state index contributed by atoms with van der Waals surface area (Å²) in [6.07, 6.45) is 3.97. The SMILES string of the molecule is O=C(Cc1ccc2c(c1)CCC2)NCC(c1ccc(Cl)cc1)N1CCOCC1. The normalized spacial score (nSPS) is 17.9. The maximum absolute atomic E-state index is 12.6. The first-order valence-corrected chi connectivity index (χ1v) is 10.5. The predicted molar refractivity (Wildman–Crippen MR) is 112 cm³/mol. The smallest absolute Gasteiger partial charge is 0.224 e. The van der Waals surface area contributed by atoms with Crippen LogP contribution in [0.2, 0.25) is 5.02 Å². The van der Waals surface area contributed by atoms with Gasteiger partial charge in [-0.15, -0.1) is 0 Å². The first-order valence-electron chi connectivity index (χ1n) is 10.1. The molecule has 0 saturated carbocycles. The summed E-state index contributed by atoms with van der Waals surface area (Å²) in [6.45, 7) is 3.79. The van der Waals surface area contributed by atoms with Crippen molar-refractivity contribution in [2.75, 3.05) is 32.8 Å². The maximum Gasteiger partial charge on any atom is 0.224 e. The van der Waals surface area contributed by atoms with Crippen LogP contribution in [0.3, 0.4) is 0 Å². The number of nitrogens with zero attached hydrogens (tertiary/aromatic N) is 1. The highest BCUT2D eigenvalue weighted by atomic mass is 35.5. The van der Waals surface area contributed by atoms with E-state index < -0.39 is 0 Å². The Hall–Kier alpha value is -1.88. The number of fused-ring (bicyclic) bond motifs is 1. The second-order valence-corrected chi connectivity index (χ2v) is 8.09. The molecule has 1 N–H and O–H groups in total. The van der Waals surface area contributed by atoms with Crippen molar-refractivity contribution in [1.29, 1.82) is 0 Å². The van der Waals surface area contributed by atoms with E-state index in [1.54, 1.807) is 0 Å². The van der Waals surface area contributed by atoms with Crippen molar-refractivity contribution >= 4 is 17.5 Å². The van der Waals surface area contributed by atoms with Crippen molar-refractivity contribution in [3.63, 3.8) is 0 Å². The van der Waals surface area contributed by atoms with Crippen molar-refractivity contribution in [3.8, 4) is 0 Å². The van der Waals surface area contributed by atoms with E-state index in [4.69, 9.17) is 16.3 Å². The monoisotopic (exact) mass is 398 g/mol. The van der Waals surface area contributed by atoms with Crippen LogP contribution >= 0.6 is 11.6 Å². The summed E-state index contributed by atoms with van der Waals surface area (Å²) in [7, 11) is 0. The Morgan fingerprint density at radius 1 is 1.07 bits per heavy atom. The van der Waals surface area contributed by atoms with Gasteiger partial charge in [0.15, 0.2) is 0 Å². The Kier molecular flexibility index (Phi) is 6.30. The number of hydrogen-bond donors (Lipinski definition) is 1. The van der Waals surface area contributed by atoms with Crippen molar-refractivity contribution < 1.29 is 9.53 Å². The molecule has 5 heteroatoms. The highest BCUT2D eigenvalue weighted by Crippen LogP contribution is 2.24. The number of morpholine rings is 1. The van der Waals surface area contributed by atoms with Crippen LogP contribution in [-0.2, 0) is 28.8 Å². The topological polar surface area (TPSA) is 41.6 Å². The molecule has 0 radical (unpaired) electrons. The van der Waals surface area contributed by atoms with E-state index in [0.29, 0.717) is 13.0 Å². The Labute approximate surface area is 171 Å². The molecule has 1 aliphatic carbocycles. The second-order valence-electron chi connectivity index (χ2n) is 7.65. The van der Waals surface area contributed by atoms with Gasteiger partial charge in [0.25, 0.3) is 0 Å². The molecule has 1 saturated heterocycles. The largest absolute Gasteiger partial charge is 0.379 e. The summed E-state index contributed by atoms with van der Waals surface area (Å²) >= 11 is 6.06. The van der Waals surface area contributed by atoms with E-state index in [0.717, 1.165) is 43.3 Å². The predicted octanol–water partition coefficient (Wildman–Crippen LogP) is 3.56.